The third-order valence-corrected chi connectivity index (χ3v) is 4.34. The van der Waals surface area contributed by atoms with Gasteiger partial charge in [0.1, 0.15) is 0 Å². The normalized spacial score (nSPS) is 31.9. The van der Waals surface area contributed by atoms with Crippen LogP contribution < -0.4 is 5.32 Å². The zero-order valence-electron chi connectivity index (χ0n) is 10.6. The molecule has 3 atom stereocenters. The second kappa shape index (κ2) is 4.78. The lowest BCUT2D eigenvalue weighted by molar-refractivity contribution is 0.222. The van der Waals surface area contributed by atoms with Crippen LogP contribution in [0.5, 0.6) is 0 Å². The summed E-state index contributed by atoms with van der Waals surface area (Å²) < 4.78 is 1.97. The van der Waals surface area contributed by atoms with Gasteiger partial charge in [-0.3, -0.25) is 4.68 Å². The first kappa shape index (κ1) is 11.2. The Bertz CT molecular complexity index is 373. The molecule has 1 N–H and O–H groups in total. The first-order valence-corrected chi connectivity index (χ1v) is 6.75. The van der Waals surface area contributed by atoms with Crippen LogP contribution in [0.1, 0.15) is 18.5 Å². The molecule has 0 radical (unpaired) electrons. The molecule has 1 aromatic heterocycles. The molecule has 2 aliphatic rings. The fourth-order valence-corrected chi connectivity index (χ4v) is 3.25. The van der Waals surface area contributed by atoms with E-state index in [2.05, 4.69) is 21.4 Å². The summed E-state index contributed by atoms with van der Waals surface area (Å²) in [6.07, 6.45) is 5.69. The van der Waals surface area contributed by atoms with Crippen molar-refractivity contribution in [2.45, 2.75) is 25.3 Å². The average molecular weight is 234 g/mol. The fraction of sp³-hybridized carbons (Fsp3) is 0.769. The van der Waals surface area contributed by atoms with E-state index in [0.717, 1.165) is 24.9 Å². The summed E-state index contributed by atoms with van der Waals surface area (Å²) in [5.74, 6) is 0.898. The van der Waals surface area contributed by atoms with Crippen molar-refractivity contribution in [3.8, 4) is 0 Å². The Morgan fingerprint density at radius 2 is 2.29 bits per heavy atom. The van der Waals surface area contributed by atoms with Gasteiger partial charge in [0, 0.05) is 44.5 Å². The summed E-state index contributed by atoms with van der Waals surface area (Å²) in [6.45, 7) is 5.02. The minimum absolute atomic E-state index is 0.752. The molecule has 3 heterocycles. The molecule has 0 aliphatic carbocycles. The van der Waals surface area contributed by atoms with Crippen LogP contribution in [0.25, 0.3) is 0 Å². The summed E-state index contributed by atoms with van der Waals surface area (Å²) >= 11 is 0. The van der Waals surface area contributed by atoms with Crippen molar-refractivity contribution in [1.29, 1.82) is 0 Å². The molecule has 2 aliphatic heterocycles. The molecule has 17 heavy (non-hydrogen) atoms. The van der Waals surface area contributed by atoms with E-state index in [1.54, 1.807) is 0 Å². The van der Waals surface area contributed by atoms with Crippen LogP contribution in [-0.2, 0) is 13.5 Å². The molecule has 0 saturated carbocycles. The van der Waals surface area contributed by atoms with E-state index in [1.807, 2.05) is 17.9 Å². The van der Waals surface area contributed by atoms with Crippen molar-refractivity contribution in [1.82, 2.24) is 20.0 Å². The summed E-state index contributed by atoms with van der Waals surface area (Å²) in [6, 6.07) is 2.86. The van der Waals surface area contributed by atoms with E-state index in [4.69, 9.17) is 0 Å². The standard InChI is InChI=1S/C13H22N4/c1-16-12(3-7-15-16)2-6-14-13-5-9-17-8-4-11(13)10-17/h3,7,11,13-14H,2,4-6,8-10H2,1H3. The monoisotopic (exact) mass is 234 g/mol. The van der Waals surface area contributed by atoms with Crippen molar-refractivity contribution in [3.05, 3.63) is 18.0 Å². The number of nitrogens with zero attached hydrogens (tertiary/aromatic N) is 3. The number of aryl methyl sites for hydroxylation is 1. The first-order valence-electron chi connectivity index (χ1n) is 6.75. The molecule has 2 fully saturated rings. The van der Waals surface area contributed by atoms with E-state index >= 15 is 0 Å². The van der Waals surface area contributed by atoms with Crippen LogP contribution in [0.2, 0.25) is 0 Å². The van der Waals surface area contributed by atoms with Gasteiger partial charge in [0.05, 0.1) is 0 Å². The molecule has 3 rings (SSSR count). The van der Waals surface area contributed by atoms with Crippen molar-refractivity contribution in [2.24, 2.45) is 13.0 Å². The van der Waals surface area contributed by atoms with Gasteiger partial charge in [0.2, 0.25) is 0 Å². The number of nitrogens with one attached hydrogen (secondary N) is 1. The van der Waals surface area contributed by atoms with E-state index in [0.29, 0.717) is 0 Å². The Morgan fingerprint density at radius 1 is 1.41 bits per heavy atom. The number of hydrogen-bond acceptors (Lipinski definition) is 3. The SMILES string of the molecule is Cn1nccc1CCNC1CCN2CCC1C2. The third kappa shape index (κ3) is 2.38. The van der Waals surface area contributed by atoms with Gasteiger partial charge in [0.25, 0.3) is 0 Å². The molecule has 2 bridgehead atoms. The number of aromatic nitrogens is 2. The van der Waals surface area contributed by atoms with Crippen molar-refractivity contribution in [2.75, 3.05) is 26.2 Å². The Morgan fingerprint density at radius 3 is 3.12 bits per heavy atom. The van der Waals surface area contributed by atoms with Crippen molar-refractivity contribution >= 4 is 0 Å². The van der Waals surface area contributed by atoms with E-state index in [9.17, 15) is 0 Å². The molecular weight excluding hydrogens is 212 g/mol. The summed E-state index contributed by atoms with van der Waals surface area (Å²) in [4.78, 5) is 2.60. The van der Waals surface area contributed by atoms with Crippen LogP contribution >= 0.6 is 0 Å². The van der Waals surface area contributed by atoms with Gasteiger partial charge in [-0.1, -0.05) is 0 Å². The van der Waals surface area contributed by atoms with E-state index < -0.39 is 0 Å². The Hall–Kier alpha value is -0.870. The van der Waals surface area contributed by atoms with Crippen molar-refractivity contribution in [3.63, 3.8) is 0 Å². The number of piperidine rings is 1. The van der Waals surface area contributed by atoms with Crippen LogP contribution in [-0.4, -0.2) is 46.9 Å². The highest BCUT2D eigenvalue weighted by atomic mass is 15.3. The van der Waals surface area contributed by atoms with Crippen LogP contribution in [0, 0.1) is 5.92 Å². The summed E-state index contributed by atoms with van der Waals surface area (Å²) in [7, 11) is 2.02. The van der Waals surface area contributed by atoms with Gasteiger partial charge in [-0.15, -0.1) is 0 Å². The molecular formula is C13H22N4. The smallest absolute Gasteiger partial charge is 0.0492 e. The van der Waals surface area contributed by atoms with Gasteiger partial charge in [-0.2, -0.15) is 5.10 Å². The first-order chi connectivity index (χ1) is 8.33. The quantitative estimate of drug-likeness (QED) is 0.830. The topological polar surface area (TPSA) is 33.1 Å². The molecule has 4 nitrogen and oxygen atoms in total. The van der Waals surface area contributed by atoms with Crippen LogP contribution in [0.15, 0.2) is 12.3 Å². The second-order valence-corrected chi connectivity index (χ2v) is 5.39. The van der Waals surface area contributed by atoms with Crippen LogP contribution in [0.3, 0.4) is 0 Å². The molecule has 2 saturated heterocycles. The molecule has 94 valence electrons. The number of fused-ring (bicyclic) bond motifs is 2. The number of hydrogen-bond donors (Lipinski definition) is 1. The molecule has 0 amide bonds. The number of rotatable bonds is 4. The van der Waals surface area contributed by atoms with Gasteiger partial charge in [-0.05, 0) is 37.9 Å². The van der Waals surface area contributed by atoms with Crippen molar-refractivity contribution < 1.29 is 0 Å². The average Bonchev–Trinajstić information content (AvgIpc) is 2.90. The van der Waals surface area contributed by atoms with E-state index in [1.165, 1.54) is 38.2 Å². The van der Waals surface area contributed by atoms with Crippen LogP contribution in [0.4, 0.5) is 0 Å². The summed E-state index contributed by atoms with van der Waals surface area (Å²) in [5, 5.41) is 7.95. The van der Waals surface area contributed by atoms with Gasteiger partial charge in [0.15, 0.2) is 0 Å². The zero-order chi connectivity index (χ0) is 11.7. The Balaban J connectivity index is 1.47. The highest BCUT2D eigenvalue weighted by Crippen LogP contribution is 2.26. The van der Waals surface area contributed by atoms with Gasteiger partial charge < -0.3 is 10.2 Å². The van der Waals surface area contributed by atoms with Gasteiger partial charge in [-0.25, -0.2) is 0 Å². The highest BCUT2D eigenvalue weighted by molar-refractivity contribution is 5.00. The fourth-order valence-electron chi connectivity index (χ4n) is 3.25. The lowest BCUT2D eigenvalue weighted by Gasteiger charge is -2.31. The molecule has 1 aromatic rings. The molecule has 0 aromatic carbocycles. The second-order valence-electron chi connectivity index (χ2n) is 5.39. The lowest BCUT2D eigenvalue weighted by Crippen LogP contribution is -2.44. The maximum absolute atomic E-state index is 4.20. The molecule has 0 spiro atoms. The maximum atomic E-state index is 4.20. The Kier molecular flexibility index (Phi) is 3.16. The maximum Gasteiger partial charge on any atom is 0.0492 e. The van der Waals surface area contributed by atoms with E-state index in [-0.39, 0.29) is 0 Å². The predicted molar refractivity (Wildman–Crippen MR) is 67.9 cm³/mol. The molecule has 3 unspecified atom stereocenters. The largest absolute Gasteiger partial charge is 0.313 e. The minimum Gasteiger partial charge on any atom is -0.313 e. The zero-order valence-corrected chi connectivity index (χ0v) is 10.6. The Labute approximate surface area is 103 Å². The van der Waals surface area contributed by atoms with Gasteiger partial charge >= 0.3 is 0 Å². The summed E-state index contributed by atoms with van der Waals surface area (Å²) in [5.41, 5.74) is 1.32. The highest BCUT2D eigenvalue weighted by Gasteiger charge is 2.33. The third-order valence-electron chi connectivity index (χ3n) is 4.34. The predicted octanol–water partition coefficient (Wildman–Crippen LogP) is 0.646. The molecule has 4 heteroatoms. The minimum atomic E-state index is 0.752. The lowest BCUT2D eigenvalue weighted by atomic mass is 9.94.